The Bertz CT molecular complexity index is 229. The second-order valence-electron chi connectivity index (χ2n) is 3.76. The molecule has 0 heterocycles. The first-order chi connectivity index (χ1) is 5.96. The quantitative estimate of drug-likeness (QED) is 0.634. The van der Waals surface area contributed by atoms with Gasteiger partial charge in [0.2, 0.25) is 5.91 Å². The van der Waals surface area contributed by atoms with Crippen molar-refractivity contribution < 1.29 is 14.7 Å². The van der Waals surface area contributed by atoms with Gasteiger partial charge in [-0.2, -0.15) is 0 Å². The Hall–Kier alpha value is -0.900. The summed E-state index contributed by atoms with van der Waals surface area (Å²) >= 11 is 0. The lowest BCUT2D eigenvalue weighted by atomic mass is 9.77. The third kappa shape index (κ3) is 2.06. The molecule has 0 saturated heterocycles. The number of primary amides is 1. The van der Waals surface area contributed by atoms with Crippen molar-refractivity contribution in [2.75, 3.05) is 0 Å². The van der Waals surface area contributed by atoms with E-state index in [0.29, 0.717) is 25.7 Å². The largest absolute Gasteiger partial charge is 0.382 e. The summed E-state index contributed by atoms with van der Waals surface area (Å²) in [6, 6.07) is 0. The van der Waals surface area contributed by atoms with Crippen LogP contribution in [0.15, 0.2) is 0 Å². The fourth-order valence-corrected chi connectivity index (χ4v) is 1.73. The van der Waals surface area contributed by atoms with Gasteiger partial charge in [-0.25, -0.2) is 0 Å². The van der Waals surface area contributed by atoms with Crippen LogP contribution in [0.25, 0.3) is 0 Å². The monoisotopic (exact) mass is 185 g/mol. The highest BCUT2D eigenvalue weighted by atomic mass is 16.3. The second-order valence-corrected chi connectivity index (χ2v) is 3.76. The molecule has 1 amide bonds. The van der Waals surface area contributed by atoms with Gasteiger partial charge in [0.1, 0.15) is 5.60 Å². The third-order valence-corrected chi connectivity index (χ3v) is 2.87. The molecule has 74 valence electrons. The fraction of sp³-hybridized carbons (Fsp3) is 0.778. The first-order valence-electron chi connectivity index (χ1n) is 4.48. The van der Waals surface area contributed by atoms with Crippen LogP contribution in [0.4, 0.5) is 0 Å². The van der Waals surface area contributed by atoms with Crippen molar-refractivity contribution >= 4 is 11.7 Å². The molecule has 13 heavy (non-hydrogen) atoms. The lowest BCUT2D eigenvalue weighted by molar-refractivity contribution is -0.141. The molecule has 0 aromatic rings. The van der Waals surface area contributed by atoms with Crippen molar-refractivity contribution in [3.05, 3.63) is 0 Å². The summed E-state index contributed by atoms with van der Waals surface area (Å²) in [7, 11) is 0. The number of Topliss-reactive ketones (excluding diaryl/α,β-unsaturated/α-hetero) is 1. The van der Waals surface area contributed by atoms with Crippen LogP contribution >= 0.6 is 0 Å². The molecule has 0 aromatic heterocycles. The predicted molar refractivity (Wildman–Crippen MR) is 46.8 cm³/mol. The molecule has 0 bridgehead atoms. The molecule has 0 atom stereocenters. The highest BCUT2D eigenvalue weighted by Crippen LogP contribution is 2.32. The molecule has 1 aliphatic carbocycles. The minimum Gasteiger partial charge on any atom is -0.382 e. The molecule has 0 radical (unpaired) electrons. The summed E-state index contributed by atoms with van der Waals surface area (Å²) in [5.74, 6) is -0.708. The van der Waals surface area contributed by atoms with Crippen molar-refractivity contribution in [2.24, 2.45) is 11.7 Å². The molecule has 0 aliphatic heterocycles. The van der Waals surface area contributed by atoms with E-state index in [4.69, 9.17) is 5.73 Å². The number of hydrogen-bond acceptors (Lipinski definition) is 3. The van der Waals surface area contributed by atoms with E-state index in [1.165, 1.54) is 6.92 Å². The van der Waals surface area contributed by atoms with Gasteiger partial charge >= 0.3 is 0 Å². The molecule has 1 rings (SSSR count). The number of amides is 1. The van der Waals surface area contributed by atoms with Gasteiger partial charge in [-0.15, -0.1) is 0 Å². The van der Waals surface area contributed by atoms with E-state index in [0.717, 1.165) is 0 Å². The summed E-state index contributed by atoms with van der Waals surface area (Å²) in [6.45, 7) is 1.38. The zero-order valence-electron chi connectivity index (χ0n) is 7.75. The highest BCUT2D eigenvalue weighted by Gasteiger charge is 2.38. The summed E-state index contributed by atoms with van der Waals surface area (Å²) in [6.07, 6.45) is 1.75. The zero-order chi connectivity index (χ0) is 10.1. The Morgan fingerprint density at radius 1 is 1.38 bits per heavy atom. The second kappa shape index (κ2) is 3.46. The van der Waals surface area contributed by atoms with Crippen LogP contribution < -0.4 is 5.73 Å². The van der Waals surface area contributed by atoms with Gasteiger partial charge < -0.3 is 10.8 Å². The van der Waals surface area contributed by atoms with Gasteiger partial charge in [-0.1, -0.05) is 0 Å². The standard InChI is InChI=1S/C9H15NO3/c1-6(11)9(13)4-2-7(3-5-9)8(10)12/h7,13H,2-5H2,1H3,(H2,10,12). The maximum atomic E-state index is 11.0. The van der Waals surface area contributed by atoms with Gasteiger partial charge in [0.15, 0.2) is 5.78 Å². The van der Waals surface area contributed by atoms with Crippen molar-refractivity contribution in [2.45, 2.75) is 38.2 Å². The maximum Gasteiger partial charge on any atom is 0.220 e. The van der Waals surface area contributed by atoms with Crippen LogP contribution in [-0.2, 0) is 9.59 Å². The fourth-order valence-electron chi connectivity index (χ4n) is 1.73. The van der Waals surface area contributed by atoms with E-state index < -0.39 is 5.60 Å². The number of aliphatic hydroxyl groups is 1. The van der Waals surface area contributed by atoms with Crippen LogP contribution in [0.3, 0.4) is 0 Å². The van der Waals surface area contributed by atoms with Crippen LogP contribution in [0.5, 0.6) is 0 Å². The molecule has 0 aromatic carbocycles. The average molecular weight is 185 g/mol. The van der Waals surface area contributed by atoms with Crippen molar-refractivity contribution in [1.29, 1.82) is 0 Å². The molecular formula is C9H15NO3. The average Bonchev–Trinajstić information content (AvgIpc) is 2.04. The molecule has 1 saturated carbocycles. The summed E-state index contributed by atoms with van der Waals surface area (Å²) in [4.78, 5) is 21.8. The van der Waals surface area contributed by atoms with Gasteiger partial charge in [-0.05, 0) is 32.6 Å². The SMILES string of the molecule is CC(=O)C1(O)CCC(C(N)=O)CC1. The van der Waals surface area contributed by atoms with E-state index in [9.17, 15) is 14.7 Å². The molecule has 1 aliphatic rings. The zero-order valence-corrected chi connectivity index (χ0v) is 7.75. The van der Waals surface area contributed by atoms with E-state index in [2.05, 4.69) is 0 Å². The number of hydrogen-bond donors (Lipinski definition) is 2. The lowest BCUT2D eigenvalue weighted by Crippen LogP contribution is -2.42. The lowest BCUT2D eigenvalue weighted by Gasteiger charge is -2.32. The van der Waals surface area contributed by atoms with Crippen LogP contribution in [-0.4, -0.2) is 22.4 Å². The first-order valence-corrected chi connectivity index (χ1v) is 4.48. The number of rotatable bonds is 2. The number of carbonyl (C=O) groups excluding carboxylic acids is 2. The van der Waals surface area contributed by atoms with E-state index in [1.807, 2.05) is 0 Å². The van der Waals surface area contributed by atoms with Gasteiger partial charge in [0.25, 0.3) is 0 Å². The molecule has 4 heteroatoms. The Morgan fingerprint density at radius 3 is 2.15 bits per heavy atom. The minimum absolute atomic E-state index is 0.167. The Labute approximate surface area is 77.1 Å². The molecule has 3 N–H and O–H groups in total. The smallest absolute Gasteiger partial charge is 0.220 e. The summed E-state index contributed by atoms with van der Waals surface area (Å²) in [5.41, 5.74) is 3.92. The molecule has 0 spiro atoms. The van der Waals surface area contributed by atoms with Crippen molar-refractivity contribution in [1.82, 2.24) is 0 Å². The van der Waals surface area contributed by atoms with Gasteiger partial charge in [0, 0.05) is 5.92 Å². The maximum absolute atomic E-state index is 11.0. The first kappa shape index (κ1) is 10.2. The van der Waals surface area contributed by atoms with E-state index in [-0.39, 0.29) is 17.6 Å². The predicted octanol–water partition coefficient (Wildman–Crippen LogP) is -0.0180. The molecule has 4 nitrogen and oxygen atoms in total. The topological polar surface area (TPSA) is 80.4 Å². The van der Waals surface area contributed by atoms with E-state index >= 15 is 0 Å². The number of carbonyl (C=O) groups is 2. The Kier molecular flexibility index (Phi) is 2.71. The summed E-state index contributed by atoms with van der Waals surface area (Å²) < 4.78 is 0. The van der Waals surface area contributed by atoms with Crippen molar-refractivity contribution in [3.63, 3.8) is 0 Å². The molecule has 0 unspecified atom stereocenters. The van der Waals surface area contributed by atoms with Crippen LogP contribution in [0.2, 0.25) is 0 Å². The Balaban J connectivity index is 2.56. The number of ketones is 1. The molecule has 1 fully saturated rings. The van der Waals surface area contributed by atoms with Gasteiger partial charge in [-0.3, -0.25) is 9.59 Å². The van der Waals surface area contributed by atoms with Crippen LogP contribution in [0.1, 0.15) is 32.6 Å². The van der Waals surface area contributed by atoms with E-state index in [1.54, 1.807) is 0 Å². The molecular weight excluding hydrogens is 170 g/mol. The summed E-state index contributed by atoms with van der Waals surface area (Å²) in [5, 5.41) is 9.75. The number of nitrogens with two attached hydrogens (primary N) is 1. The normalized spacial score (nSPS) is 34.2. The van der Waals surface area contributed by atoms with Crippen molar-refractivity contribution in [3.8, 4) is 0 Å². The minimum atomic E-state index is -1.20. The third-order valence-electron chi connectivity index (χ3n) is 2.87. The van der Waals surface area contributed by atoms with Gasteiger partial charge in [0.05, 0.1) is 0 Å². The van der Waals surface area contributed by atoms with Crippen LogP contribution in [0, 0.1) is 5.92 Å². The Morgan fingerprint density at radius 2 is 1.85 bits per heavy atom. The highest BCUT2D eigenvalue weighted by molar-refractivity contribution is 5.85.